The van der Waals surface area contributed by atoms with Gasteiger partial charge in [0.25, 0.3) is 0 Å². The molecule has 0 saturated carbocycles. The van der Waals surface area contributed by atoms with Crippen LogP contribution in [0.15, 0.2) is 11.3 Å². The Bertz CT molecular complexity index is 508. The molecule has 0 spiro atoms. The maximum atomic E-state index is 12.4. The van der Waals surface area contributed by atoms with Crippen LogP contribution in [0.5, 0.6) is 0 Å². The van der Waals surface area contributed by atoms with Crippen molar-refractivity contribution in [3.63, 3.8) is 0 Å². The molecule has 1 atom stereocenters. The average Bonchev–Trinajstić information content (AvgIpc) is 2.42. The zero-order valence-corrected chi connectivity index (χ0v) is 14.0. The first kappa shape index (κ1) is 18.1. The van der Waals surface area contributed by atoms with E-state index in [2.05, 4.69) is 46.0 Å². The third-order valence-corrected chi connectivity index (χ3v) is 4.58. The summed E-state index contributed by atoms with van der Waals surface area (Å²) in [5, 5.41) is 0. The van der Waals surface area contributed by atoms with E-state index >= 15 is 0 Å². The van der Waals surface area contributed by atoms with Crippen molar-refractivity contribution in [1.29, 1.82) is 0 Å². The molecule has 1 rings (SSSR count). The van der Waals surface area contributed by atoms with Gasteiger partial charge in [0, 0.05) is 0 Å². The standard InChI is InChI=1S/C10H9BBr2F2O6/c1-19-8(17)4-3-5(9(18)20-2)10(12,13)7(16)6(4)21-11(14)15/h5H,3H2,1-2H3/t5-/m1/s1. The monoisotopic (exact) mass is 432 g/mol. The van der Waals surface area contributed by atoms with E-state index in [1.54, 1.807) is 0 Å². The SMILES string of the molecule is COC(=O)C1=C(OB(F)F)C(=O)C(Br)(Br)[C@@H](C(=O)OC)C1. The van der Waals surface area contributed by atoms with E-state index in [0.29, 0.717) is 0 Å². The van der Waals surface area contributed by atoms with E-state index in [0.717, 1.165) is 14.2 Å². The highest BCUT2D eigenvalue weighted by molar-refractivity contribution is 9.26. The largest absolute Gasteiger partial charge is 0.796 e. The fourth-order valence-electron chi connectivity index (χ4n) is 1.76. The summed E-state index contributed by atoms with van der Waals surface area (Å²) in [7, 11) is -1.21. The summed E-state index contributed by atoms with van der Waals surface area (Å²) in [6, 6.07) is 0. The van der Waals surface area contributed by atoms with Crippen molar-refractivity contribution < 1.29 is 37.1 Å². The van der Waals surface area contributed by atoms with Crippen LogP contribution in [-0.4, -0.2) is 42.6 Å². The number of alkyl halides is 2. The van der Waals surface area contributed by atoms with Crippen LogP contribution in [0.2, 0.25) is 0 Å². The van der Waals surface area contributed by atoms with Gasteiger partial charge < -0.3 is 14.1 Å². The molecule has 0 aromatic rings. The molecular formula is C10H9BBr2F2O6. The predicted molar refractivity (Wildman–Crippen MR) is 73.8 cm³/mol. The molecule has 0 aliphatic heterocycles. The molecule has 0 heterocycles. The molecule has 0 fully saturated rings. The highest BCUT2D eigenvalue weighted by Crippen LogP contribution is 2.46. The molecule has 0 amide bonds. The van der Waals surface area contributed by atoms with Crippen molar-refractivity contribution in [2.24, 2.45) is 5.92 Å². The maximum Gasteiger partial charge on any atom is 0.796 e. The van der Waals surface area contributed by atoms with Crippen molar-refractivity contribution in [3.8, 4) is 0 Å². The van der Waals surface area contributed by atoms with Crippen molar-refractivity contribution in [1.82, 2.24) is 0 Å². The highest BCUT2D eigenvalue weighted by atomic mass is 79.9. The van der Waals surface area contributed by atoms with Gasteiger partial charge in [0.05, 0.1) is 25.7 Å². The van der Waals surface area contributed by atoms with Crippen LogP contribution in [0.25, 0.3) is 0 Å². The van der Waals surface area contributed by atoms with Crippen LogP contribution < -0.4 is 0 Å². The van der Waals surface area contributed by atoms with E-state index in [-0.39, 0.29) is 6.42 Å². The summed E-state index contributed by atoms with van der Waals surface area (Å²) < 4.78 is 36.2. The molecule has 116 valence electrons. The minimum atomic E-state index is -3.31. The zero-order chi connectivity index (χ0) is 16.4. The quantitative estimate of drug-likeness (QED) is 0.381. The lowest BCUT2D eigenvalue weighted by Crippen LogP contribution is -2.46. The Morgan fingerprint density at radius 2 is 1.86 bits per heavy atom. The lowest BCUT2D eigenvalue weighted by molar-refractivity contribution is -0.148. The molecule has 0 aromatic heterocycles. The molecule has 6 nitrogen and oxygen atoms in total. The molecule has 21 heavy (non-hydrogen) atoms. The summed E-state index contributed by atoms with van der Waals surface area (Å²) in [4.78, 5) is 35.6. The fraction of sp³-hybridized carbons (Fsp3) is 0.500. The van der Waals surface area contributed by atoms with Crippen LogP contribution in [0.4, 0.5) is 8.63 Å². The van der Waals surface area contributed by atoms with Gasteiger partial charge in [-0.05, 0) is 6.42 Å². The number of esters is 2. The number of ketones is 1. The number of Topliss-reactive ketones (excluding diaryl/α,β-unsaturated/α-hetero) is 1. The summed E-state index contributed by atoms with van der Waals surface area (Å²) in [6.07, 6.45) is -0.371. The number of halogens is 4. The Morgan fingerprint density at radius 3 is 2.29 bits per heavy atom. The van der Waals surface area contributed by atoms with Crippen molar-refractivity contribution in [2.45, 2.75) is 9.65 Å². The first-order chi connectivity index (χ1) is 9.66. The van der Waals surface area contributed by atoms with E-state index in [1.807, 2.05) is 0 Å². The van der Waals surface area contributed by atoms with Gasteiger partial charge in [-0.25, -0.2) is 13.4 Å². The van der Waals surface area contributed by atoms with Gasteiger partial charge in [-0.3, -0.25) is 9.59 Å². The fourth-order valence-corrected chi connectivity index (χ4v) is 2.82. The number of hydrogen-bond donors (Lipinski definition) is 0. The Kier molecular flexibility index (Phi) is 5.91. The Balaban J connectivity index is 3.38. The summed E-state index contributed by atoms with van der Waals surface area (Å²) >= 11 is 5.90. The van der Waals surface area contributed by atoms with E-state index < -0.39 is 45.7 Å². The predicted octanol–water partition coefficient (Wildman–Crippen LogP) is 1.60. The van der Waals surface area contributed by atoms with Crippen LogP contribution in [0.3, 0.4) is 0 Å². The Morgan fingerprint density at radius 1 is 1.29 bits per heavy atom. The maximum absolute atomic E-state index is 12.4. The van der Waals surface area contributed by atoms with Crippen molar-refractivity contribution in [2.75, 3.05) is 14.2 Å². The first-order valence-electron chi connectivity index (χ1n) is 5.43. The van der Waals surface area contributed by atoms with Crippen LogP contribution >= 0.6 is 31.9 Å². The Labute approximate surface area is 135 Å². The van der Waals surface area contributed by atoms with Crippen molar-refractivity contribution >= 4 is 57.1 Å². The van der Waals surface area contributed by atoms with Gasteiger partial charge in [-0.2, -0.15) is 0 Å². The van der Waals surface area contributed by atoms with Crippen LogP contribution in [0, 0.1) is 5.92 Å². The topological polar surface area (TPSA) is 78.9 Å². The molecular weight excluding hydrogens is 425 g/mol. The minimum Gasteiger partial charge on any atom is -0.502 e. The van der Waals surface area contributed by atoms with E-state index in [1.165, 1.54) is 0 Å². The summed E-state index contributed by atoms with van der Waals surface area (Å²) in [5.41, 5.74) is -0.451. The average molecular weight is 434 g/mol. The number of methoxy groups -OCH3 is 2. The normalized spacial score (nSPS) is 20.9. The molecule has 1 aliphatic carbocycles. The van der Waals surface area contributed by atoms with Gasteiger partial charge in [-0.15, -0.1) is 0 Å². The lowest BCUT2D eigenvalue weighted by atomic mass is 9.86. The smallest absolute Gasteiger partial charge is 0.502 e. The zero-order valence-electron chi connectivity index (χ0n) is 10.8. The number of carbonyl (C=O) groups excluding carboxylic acids is 3. The molecule has 0 radical (unpaired) electrons. The molecule has 0 unspecified atom stereocenters. The third kappa shape index (κ3) is 3.63. The summed E-state index contributed by atoms with van der Waals surface area (Å²) in [5.74, 6) is -4.90. The van der Waals surface area contributed by atoms with Gasteiger partial charge in [0.15, 0.2) is 8.99 Å². The van der Waals surface area contributed by atoms with E-state index in [9.17, 15) is 23.0 Å². The number of ether oxygens (including phenoxy) is 2. The minimum absolute atomic E-state index is 0.371. The van der Waals surface area contributed by atoms with E-state index in [4.69, 9.17) is 0 Å². The van der Waals surface area contributed by atoms with Gasteiger partial charge in [-0.1, -0.05) is 31.9 Å². The first-order valence-corrected chi connectivity index (χ1v) is 7.02. The molecule has 1 aliphatic rings. The number of rotatable bonds is 4. The van der Waals surface area contributed by atoms with Gasteiger partial charge in [0.1, 0.15) is 0 Å². The summed E-state index contributed by atoms with van der Waals surface area (Å²) in [6.45, 7) is 0. The second-order valence-corrected chi connectivity index (χ2v) is 7.48. The molecule has 0 bridgehead atoms. The number of carbonyl (C=O) groups is 3. The van der Waals surface area contributed by atoms with Gasteiger partial charge in [0.2, 0.25) is 5.78 Å². The molecule has 0 saturated heterocycles. The van der Waals surface area contributed by atoms with Crippen molar-refractivity contribution in [3.05, 3.63) is 11.3 Å². The highest BCUT2D eigenvalue weighted by Gasteiger charge is 2.54. The lowest BCUT2D eigenvalue weighted by Gasteiger charge is -2.33. The third-order valence-electron chi connectivity index (χ3n) is 2.75. The van der Waals surface area contributed by atoms with Gasteiger partial charge >= 0.3 is 19.4 Å². The second-order valence-electron chi connectivity index (χ2n) is 3.91. The molecule has 0 N–H and O–H groups in total. The number of allylic oxidation sites excluding steroid dienone is 1. The Hall–Kier alpha value is -0.965. The van der Waals surface area contributed by atoms with Crippen LogP contribution in [0.1, 0.15) is 6.42 Å². The molecule has 11 heteroatoms. The molecule has 0 aromatic carbocycles. The second kappa shape index (κ2) is 6.86. The van der Waals surface area contributed by atoms with Crippen LogP contribution in [-0.2, 0) is 28.5 Å². The number of hydrogen-bond acceptors (Lipinski definition) is 6.